The monoisotopic (exact) mass is 715 g/mol. The zero-order valence-corrected chi connectivity index (χ0v) is 28.1. The van der Waals surface area contributed by atoms with Crippen molar-refractivity contribution in [1.29, 1.82) is 0 Å². The van der Waals surface area contributed by atoms with Crippen molar-refractivity contribution in [3.05, 3.63) is 56.1 Å². The second-order valence-electron chi connectivity index (χ2n) is 11.0. The summed E-state index contributed by atoms with van der Waals surface area (Å²) in [6, 6.07) is 6.59. The van der Waals surface area contributed by atoms with Crippen molar-refractivity contribution in [3.8, 4) is 0 Å². The van der Waals surface area contributed by atoms with Gasteiger partial charge >= 0.3 is 18.0 Å². The lowest BCUT2D eigenvalue weighted by atomic mass is 10.0. The summed E-state index contributed by atoms with van der Waals surface area (Å²) in [4.78, 5) is 81.2. The van der Waals surface area contributed by atoms with E-state index in [1.54, 1.807) is 0 Å². The number of likely N-dealkylation sites (tertiary alicyclic amines) is 1. The maximum atomic E-state index is 13.9. The van der Waals surface area contributed by atoms with Gasteiger partial charge in [0, 0.05) is 24.6 Å². The van der Waals surface area contributed by atoms with Gasteiger partial charge < -0.3 is 34.5 Å². The molecule has 1 saturated heterocycles. The molecule has 18 nitrogen and oxygen atoms in total. The number of nitrogens with zero attached hydrogens (tertiary/aromatic N) is 3. The van der Waals surface area contributed by atoms with Crippen LogP contribution in [0.15, 0.2) is 30.3 Å². The Morgan fingerprint density at radius 2 is 1.59 bits per heavy atom. The molecule has 1 aromatic rings. The SMILES string of the molecule is O=C(NCCCCC(NC(CCc1ccccc1)C(=O)O)C(=O)N1CCCC1C(=O)OCCSCCO[N+](=O)[O-])OCCCCO[N+](=O)[O-]. The van der Waals surface area contributed by atoms with E-state index in [0.717, 1.165) is 5.56 Å². The number of unbranched alkanes of at least 4 members (excludes halogenated alkanes) is 2. The maximum Gasteiger partial charge on any atom is 0.407 e. The van der Waals surface area contributed by atoms with E-state index in [0.29, 0.717) is 63.0 Å². The minimum Gasteiger partial charge on any atom is -0.480 e. The second-order valence-corrected chi connectivity index (χ2v) is 12.2. The van der Waals surface area contributed by atoms with E-state index in [-0.39, 0.29) is 45.8 Å². The highest BCUT2D eigenvalue weighted by molar-refractivity contribution is 7.99. The zero-order valence-electron chi connectivity index (χ0n) is 27.2. The molecule has 0 aliphatic carbocycles. The number of thioether (sulfide) groups is 1. The van der Waals surface area contributed by atoms with Crippen LogP contribution in [0, 0.1) is 20.2 Å². The number of carboxylic acids is 1. The van der Waals surface area contributed by atoms with E-state index in [1.165, 1.54) is 16.7 Å². The topological polar surface area (TPSA) is 239 Å². The lowest BCUT2D eigenvalue weighted by molar-refractivity contribution is -0.757. The number of carbonyl (C=O) groups excluding carboxylic acids is 3. The standard InChI is InChI=1S/C30H45N5O13S/c36-27(33-16-8-12-26(33)29(39)45-19-21-49-22-20-48-35(43)44)24(32-25(28(37)38)14-13-23-9-2-1-3-10-23)11-4-5-15-31-30(40)46-17-6-7-18-47-34(41)42/h1-3,9-10,24-26,32H,4-8,11-22H2,(H,31,40)(H,37,38). The Bertz CT molecular complexity index is 1200. The van der Waals surface area contributed by atoms with Crippen LogP contribution in [0.2, 0.25) is 0 Å². The number of ether oxygens (including phenoxy) is 2. The van der Waals surface area contributed by atoms with E-state index >= 15 is 0 Å². The van der Waals surface area contributed by atoms with Gasteiger partial charge in [-0.25, -0.2) is 9.59 Å². The molecule has 1 fully saturated rings. The van der Waals surface area contributed by atoms with E-state index in [1.807, 2.05) is 30.3 Å². The molecule has 19 heteroatoms. The molecular formula is C30H45N5O13S. The van der Waals surface area contributed by atoms with Gasteiger partial charge in [0.2, 0.25) is 5.91 Å². The van der Waals surface area contributed by atoms with Crippen LogP contribution in [-0.2, 0) is 40.0 Å². The van der Waals surface area contributed by atoms with Crippen LogP contribution in [0.25, 0.3) is 0 Å². The number of aliphatic carboxylic acids is 1. The van der Waals surface area contributed by atoms with E-state index in [9.17, 15) is 44.5 Å². The van der Waals surface area contributed by atoms with Crippen LogP contribution < -0.4 is 10.6 Å². The van der Waals surface area contributed by atoms with Gasteiger partial charge in [0.25, 0.3) is 10.2 Å². The van der Waals surface area contributed by atoms with Crippen molar-refractivity contribution in [2.24, 2.45) is 0 Å². The lowest BCUT2D eigenvalue weighted by Crippen LogP contribution is -2.54. The van der Waals surface area contributed by atoms with Crippen molar-refractivity contribution in [1.82, 2.24) is 15.5 Å². The first-order valence-corrected chi connectivity index (χ1v) is 17.3. The first kappa shape index (κ1) is 40.8. The summed E-state index contributed by atoms with van der Waals surface area (Å²) >= 11 is 1.31. The number of esters is 1. The molecule has 1 aromatic carbocycles. The van der Waals surface area contributed by atoms with Crippen molar-refractivity contribution >= 4 is 35.7 Å². The summed E-state index contributed by atoms with van der Waals surface area (Å²) in [5.74, 6) is -1.36. The molecule has 0 bridgehead atoms. The van der Waals surface area contributed by atoms with Crippen LogP contribution in [0.5, 0.6) is 0 Å². The van der Waals surface area contributed by atoms with Gasteiger partial charge in [-0.15, -0.1) is 20.2 Å². The van der Waals surface area contributed by atoms with E-state index in [4.69, 9.17) is 9.47 Å². The van der Waals surface area contributed by atoms with Crippen molar-refractivity contribution in [3.63, 3.8) is 0 Å². The zero-order chi connectivity index (χ0) is 35.9. The fourth-order valence-corrected chi connectivity index (χ4v) is 5.62. The van der Waals surface area contributed by atoms with Gasteiger partial charge in [-0.3, -0.25) is 14.9 Å². The molecule has 1 aliphatic heterocycles. The van der Waals surface area contributed by atoms with E-state index < -0.39 is 52.2 Å². The summed E-state index contributed by atoms with van der Waals surface area (Å²) in [5, 5.41) is 34.2. The Morgan fingerprint density at radius 1 is 0.898 bits per heavy atom. The summed E-state index contributed by atoms with van der Waals surface area (Å²) in [6.45, 7) is 0.467. The normalized spacial score (nSPS) is 15.1. The summed E-state index contributed by atoms with van der Waals surface area (Å²) in [6.07, 6.45) is 2.86. The number of nitrogens with one attached hydrogen (secondary N) is 2. The van der Waals surface area contributed by atoms with Crippen molar-refractivity contribution in [2.45, 2.75) is 75.9 Å². The van der Waals surface area contributed by atoms with E-state index in [2.05, 4.69) is 20.3 Å². The number of alkyl carbamates (subject to hydrolysis) is 1. The highest BCUT2D eigenvalue weighted by Gasteiger charge is 2.39. The average Bonchev–Trinajstić information content (AvgIpc) is 3.56. The lowest BCUT2D eigenvalue weighted by Gasteiger charge is -2.30. The molecule has 3 unspecified atom stereocenters. The molecule has 2 rings (SSSR count). The highest BCUT2D eigenvalue weighted by Crippen LogP contribution is 2.22. The van der Waals surface area contributed by atoms with Gasteiger partial charge in [-0.05, 0) is 63.4 Å². The van der Waals surface area contributed by atoms with Gasteiger partial charge in [-0.2, -0.15) is 11.8 Å². The predicted octanol–water partition coefficient (Wildman–Crippen LogP) is 2.39. The molecule has 0 spiro atoms. The van der Waals surface area contributed by atoms with Crippen molar-refractivity contribution in [2.75, 3.05) is 51.0 Å². The van der Waals surface area contributed by atoms with Crippen LogP contribution in [0.3, 0.4) is 0 Å². The Labute approximate surface area is 287 Å². The number of carbonyl (C=O) groups is 4. The molecule has 2 amide bonds. The Morgan fingerprint density at radius 3 is 2.31 bits per heavy atom. The van der Waals surface area contributed by atoms with Gasteiger partial charge in [0.05, 0.1) is 19.3 Å². The van der Waals surface area contributed by atoms with Crippen LogP contribution in [0.1, 0.15) is 56.9 Å². The minimum atomic E-state index is -1.11. The number of benzene rings is 1. The van der Waals surface area contributed by atoms with Gasteiger partial charge in [0.15, 0.2) is 0 Å². The van der Waals surface area contributed by atoms with Crippen LogP contribution in [-0.4, -0.2) is 113 Å². The fraction of sp³-hybridized carbons (Fsp3) is 0.667. The first-order valence-electron chi connectivity index (χ1n) is 16.1. The Hall–Kier alpha value is -4.39. The predicted molar refractivity (Wildman–Crippen MR) is 174 cm³/mol. The smallest absolute Gasteiger partial charge is 0.407 e. The van der Waals surface area contributed by atoms with Crippen LogP contribution in [0.4, 0.5) is 4.79 Å². The summed E-state index contributed by atoms with van der Waals surface area (Å²) in [7, 11) is 0. The summed E-state index contributed by atoms with van der Waals surface area (Å²) < 4.78 is 10.4. The molecule has 0 saturated carbocycles. The fourth-order valence-electron chi connectivity index (χ4n) is 5.02. The molecule has 3 N–H and O–H groups in total. The number of aryl methyl sites for hydroxylation is 1. The number of hydrogen-bond acceptors (Lipinski definition) is 14. The molecule has 0 aromatic heterocycles. The van der Waals surface area contributed by atoms with Gasteiger partial charge in [0.1, 0.15) is 25.3 Å². The number of rotatable bonds is 26. The summed E-state index contributed by atoms with van der Waals surface area (Å²) in [5.41, 5.74) is 0.951. The highest BCUT2D eigenvalue weighted by atomic mass is 32.2. The largest absolute Gasteiger partial charge is 0.480 e. The molecule has 1 heterocycles. The Kier molecular flexibility index (Phi) is 19.9. The third kappa shape index (κ3) is 17.5. The first-order chi connectivity index (χ1) is 23.6. The molecule has 274 valence electrons. The molecule has 3 atom stereocenters. The molecule has 1 aliphatic rings. The number of amides is 2. The second kappa shape index (κ2) is 23.9. The average molecular weight is 716 g/mol. The van der Waals surface area contributed by atoms with Gasteiger partial charge in [-0.1, -0.05) is 30.3 Å². The molecule has 0 radical (unpaired) electrons. The third-order valence-corrected chi connectivity index (χ3v) is 8.34. The van der Waals surface area contributed by atoms with Crippen LogP contribution >= 0.6 is 11.8 Å². The molecule has 49 heavy (non-hydrogen) atoms. The number of hydrogen-bond donors (Lipinski definition) is 3. The Balaban J connectivity index is 1.93. The number of carboxylic acid groups (broad SMARTS) is 1. The third-order valence-electron chi connectivity index (χ3n) is 7.42. The maximum absolute atomic E-state index is 13.9. The quantitative estimate of drug-likeness (QED) is 0.0540. The molecular weight excluding hydrogens is 670 g/mol. The minimum absolute atomic E-state index is 0.0498. The van der Waals surface area contributed by atoms with Crippen molar-refractivity contribution < 1.29 is 53.6 Å².